The van der Waals surface area contributed by atoms with Crippen molar-refractivity contribution in [3.8, 4) is 0 Å². The summed E-state index contributed by atoms with van der Waals surface area (Å²) >= 11 is 0. The molecule has 0 aromatic heterocycles. The number of aliphatic hydroxyl groups excluding tert-OH is 1. The molecule has 0 heterocycles. The van der Waals surface area contributed by atoms with E-state index in [2.05, 4.69) is 184 Å². The summed E-state index contributed by atoms with van der Waals surface area (Å²) in [7, 11) is 0. The third-order valence-electron chi connectivity index (χ3n) is 13.5. The fourth-order valence-corrected chi connectivity index (χ4v) is 8.63. The van der Waals surface area contributed by atoms with Crippen molar-refractivity contribution in [3.63, 3.8) is 0 Å². The molecule has 1 unspecified atom stereocenters. The van der Waals surface area contributed by atoms with Crippen LogP contribution in [-0.4, -0.2) is 36.4 Å². The van der Waals surface area contributed by atoms with Gasteiger partial charge in [0.15, 0.2) is 6.10 Å². The van der Waals surface area contributed by atoms with Gasteiger partial charge in [0.1, 0.15) is 6.61 Å². The minimum atomic E-state index is -0.809. The lowest BCUT2D eigenvalue weighted by Crippen LogP contribution is -2.28. The van der Waals surface area contributed by atoms with Gasteiger partial charge in [0.25, 0.3) is 0 Å². The molecule has 0 aromatic carbocycles. The highest BCUT2D eigenvalue weighted by Crippen LogP contribution is 2.15. The third-order valence-corrected chi connectivity index (χ3v) is 13.5. The van der Waals surface area contributed by atoms with Crippen molar-refractivity contribution in [2.24, 2.45) is 0 Å². The fraction of sp³-hybridized carbons (Fsp3) is 0.600. The summed E-state index contributed by atoms with van der Waals surface area (Å²) in [6, 6.07) is 0. The van der Waals surface area contributed by atoms with Crippen molar-refractivity contribution in [1.82, 2.24) is 0 Å². The molecule has 0 amide bonds. The molecular formula is C75H120O5. The predicted octanol–water partition coefficient (Wildman–Crippen LogP) is 22.9. The van der Waals surface area contributed by atoms with E-state index in [9.17, 15) is 14.7 Å². The van der Waals surface area contributed by atoms with E-state index in [4.69, 9.17) is 9.47 Å². The molecule has 1 atom stereocenters. The molecule has 0 spiro atoms. The van der Waals surface area contributed by atoms with Crippen LogP contribution in [0.4, 0.5) is 0 Å². The molecule has 0 bridgehead atoms. The van der Waals surface area contributed by atoms with Crippen LogP contribution in [0, 0.1) is 0 Å². The Kier molecular flexibility index (Phi) is 64.5. The van der Waals surface area contributed by atoms with Crippen molar-refractivity contribution in [3.05, 3.63) is 170 Å². The van der Waals surface area contributed by atoms with Crippen LogP contribution in [0.15, 0.2) is 170 Å². The van der Waals surface area contributed by atoms with Crippen molar-refractivity contribution < 1.29 is 24.2 Å². The Morgan fingerprint density at radius 2 is 0.537 bits per heavy atom. The topological polar surface area (TPSA) is 72.8 Å². The number of aliphatic hydroxyl groups is 1. The smallest absolute Gasteiger partial charge is 0.306 e. The summed E-state index contributed by atoms with van der Waals surface area (Å²) in [4.78, 5) is 24.6. The van der Waals surface area contributed by atoms with E-state index in [0.717, 1.165) is 116 Å². The Hall–Kier alpha value is -4.74. The molecular weight excluding hydrogens is 981 g/mol. The summed E-state index contributed by atoms with van der Waals surface area (Å²) in [5, 5.41) is 9.68. The van der Waals surface area contributed by atoms with Gasteiger partial charge in [-0.1, -0.05) is 293 Å². The Balaban J connectivity index is 3.65. The molecule has 5 heteroatoms. The monoisotopic (exact) mass is 1100 g/mol. The lowest BCUT2D eigenvalue weighted by Gasteiger charge is -2.15. The second kappa shape index (κ2) is 68.5. The summed E-state index contributed by atoms with van der Waals surface area (Å²) in [6.07, 6.45) is 106. The van der Waals surface area contributed by atoms with Gasteiger partial charge in [0.05, 0.1) is 6.61 Å². The zero-order valence-electron chi connectivity index (χ0n) is 51.5. The average molecular weight is 1100 g/mol. The second-order valence-electron chi connectivity index (χ2n) is 21.1. The number of unbranched alkanes of at least 4 members (excludes halogenated alkanes) is 22. The first-order valence-electron chi connectivity index (χ1n) is 32.7. The first-order valence-corrected chi connectivity index (χ1v) is 32.7. The van der Waals surface area contributed by atoms with Gasteiger partial charge in [-0.2, -0.15) is 0 Å². The van der Waals surface area contributed by atoms with Gasteiger partial charge in [-0.15, -0.1) is 0 Å². The molecule has 0 aliphatic carbocycles. The highest BCUT2D eigenvalue weighted by atomic mass is 16.6. The molecule has 1 N–H and O–H groups in total. The van der Waals surface area contributed by atoms with Crippen molar-refractivity contribution in [1.29, 1.82) is 0 Å². The minimum Gasteiger partial charge on any atom is -0.462 e. The maximum absolute atomic E-state index is 12.3. The van der Waals surface area contributed by atoms with Gasteiger partial charge in [0, 0.05) is 12.8 Å². The molecule has 0 fully saturated rings. The van der Waals surface area contributed by atoms with Gasteiger partial charge >= 0.3 is 11.9 Å². The number of hydrogen-bond donors (Lipinski definition) is 1. The minimum absolute atomic E-state index is 0.0928. The fourth-order valence-electron chi connectivity index (χ4n) is 8.63. The highest BCUT2D eigenvalue weighted by molar-refractivity contribution is 5.70. The molecule has 0 saturated carbocycles. The Labute approximate surface area is 493 Å². The number of ether oxygens (including phenoxy) is 2. The Morgan fingerprint density at radius 1 is 0.300 bits per heavy atom. The van der Waals surface area contributed by atoms with E-state index < -0.39 is 6.10 Å². The van der Waals surface area contributed by atoms with Crippen LogP contribution in [0.5, 0.6) is 0 Å². The van der Waals surface area contributed by atoms with Crippen LogP contribution in [0.1, 0.15) is 271 Å². The lowest BCUT2D eigenvalue weighted by molar-refractivity contribution is -0.161. The van der Waals surface area contributed by atoms with Crippen LogP contribution in [0.3, 0.4) is 0 Å². The number of hydrogen-bond acceptors (Lipinski definition) is 5. The van der Waals surface area contributed by atoms with Crippen molar-refractivity contribution in [2.75, 3.05) is 13.2 Å². The molecule has 450 valence electrons. The summed E-state index contributed by atoms with van der Waals surface area (Å²) < 4.78 is 10.7. The number of carbonyl (C=O) groups is 2. The second-order valence-corrected chi connectivity index (χ2v) is 21.1. The zero-order valence-corrected chi connectivity index (χ0v) is 51.5. The molecule has 0 saturated heterocycles. The molecule has 0 radical (unpaired) electrons. The van der Waals surface area contributed by atoms with Gasteiger partial charge in [-0.3, -0.25) is 9.59 Å². The molecule has 0 aliphatic rings. The van der Waals surface area contributed by atoms with Crippen molar-refractivity contribution in [2.45, 2.75) is 277 Å². The van der Waals surface area contributed by atoms with Crippen LogP contribution < -0.4 is 0 Å². The number of rotatable bonds is 58. The Morgan fingerprint density at radius 3 is 0.838 bits per heavy atom. The molecule has 0 aliphatic heterocycles. The average Bonchev–Trinajstić information content (AvgIpc) is 3.46. The predicted molar refractivity (Wildman–Crippen MR) is 352 cm³/mol. The van der Waals surface area contributed by atoms with E-state index in [1.807, 2.05) is 0 Å². The number of carbonyl (C=O) groups excluding carboxylic acids is 2. The van der Waals surface area contributed by atoms with Crippen molar-refractivity contribution >= 4 is 11.9 Å². The summed E-state index contributed by atoms with van der Waals surface area (Å²) in [6.45, 7) is 3.99. The van der Waals surface area contributed by atoms with E-state index in [1.54, 1.807) is 0 Å². The molecule has 5 nitrogen and oxygen atoms in total. The van der Waals surface area contributed by atoms with Crippen LogP contribution in [-0.2, 0) is 19.1 Å². The van der Waals surface area contributed by atoms with Gasteiger partial charge in [-0.25, -0.2) is 0 Å². The molecule has 0 rings (SSSR count). The first-order chi connectivity index (χ1) is 39.6. The van der Waals surface area contributed by atoms with Crippen LogP contribution in [0.2, 0.25) is 0 Å². The SMILES string of the molecule is CC/C=C\C/C=C\C/C=C\C/C=C\C/C=C\C/C=C\C/C=C\C/C=C\C/C=C\C/C=C\C/C=C\C/C=C\CCCCC(=O)OC(CO)COC(=O)CCCCCCCCCCCCCCCCC/C=C\C/C=C\CCCCCCC. The lowest BCUT2D eigenvalue weighted by atomic mass is 10.0. The summed E-state index contributed by atoms with van der Waals surface area (Å²) in [5.74, 6) is -0.648. The number of allylic oxidation sites excluding steroid dienone is 28. The zero-order chi connectivity index (χ0) is 57.6. The number of esters is 2. The van der Waals surface area contributed by atoms with Gasteiger partial charge < -0.3 is 14.6 Å². The standard InChI is InChI=1S/C75H120O5/c1-3-5-7-9-11-13-15-17-19-21-23-25-27-29-31-32-33-34-35-36-37-38-39-40-41-42-44-46-48-50-52-54-56-58-60-62-64-66-68-70-75(78)80-73(71-76)72-79-74(77)69-67-65-63-61-59-57-55-53-51-49-47-45-43-30-28-26-24-22-20-18-16-14-12-10-8-6-4-2/h5,7,11,13,16-19,22-25,29,31,33-34,36-37,39-40,42,44,48,50,54,56,60,62,73,76H,3-4,6,8-10,12,14-15,20-21,26-28,30,32,35,38,41,43,45-47,49,51-53,55,57-59,61,63-72H2,1-2H3/b7-5-,13-11-,18-16-,19-17-,24-22-,25-23-,31-29-,34-33-,37-36-,40-39-,44-42-,50-48-,56-54-,62-60-. The van der Waals surface area contributed by atoms with E-state index in [0.29, 0.717) is 12.8 Å². The van der Waals surface area contributed by atoms with Crippen LogP contribution >= 0.6 is 0 Å². The van der Waals surface area contributed by atoms with Crippen LogP contribution in [0.25, 0.3) is 0 Å². The first kappa shape index (κ1) is 75.3. The largest absolute Gasteiger partial charge is 0.462 e. The third kappa shape index (κ3) is 65.8. The van der Waals surface area contributed by atoms with Gasteiger partial charge in [0.2, 0.25) is 0 Å². The van der Waals surface area contributed by atoms with E-state index >= 15 is 0 Å². The maximum Gasteiger partial charge on any atom is 0.306 e. The summed E-state index contributed by atoms with van der Waals surface area (Å²) in [5.41, 5.74) is 0. The molecule has 0 aromatic rings. The van der Waals surface area contributed by atoms with Gasteiger partial charge in [-0.05, 0) is 135 Å². The molecule has 80 heavy (non-hydrogen) atoms. The van der Waals surface area contributed by atoms with E-state index in [1.165, 1.54) is 122 Å². The Bertz CT molecular complexity index is 1770. The van der Waals surface area contributed by atoms with E-state index in [-0.39, 0.29) is 31.6 Å². The maximum atomic E-state index is 12.3. The highest BCUT2D eigenvalue weighted by Gasteiger charge is 2.16. The normalized spacial score (nSPS) is 13.4. The quantitative estimate of drug-likeness (QED) is 0.0373.